The minimum absolute atomic E-state index is 0.00722. The SMILES string of the molecule is O=C(COc1ccc(Cl)cc1)NCc1nnc(SCC(=O)N2CCc3ccccc32)n1-c1cccc(C(F)(F)F)c1. The van der Waals surface area contributed by atoms with Crippen LogP contribution in [0.1, 0.15) is 17.0 Å². The van der Waals surface area contributed by atoms with Gasteiger partial charge in [0.05, 0.1) is 23.5 Å². The lowest BCUT2D eigenvalue weighted by Crippen LogP contribution is -2.30. The van der Waals surface area contributed by atoms with Crippen LogP contribution in [0.5, 0.6) is 5.75 Å². The van der Waals surface area contributed by atoms with E-state index in [1.165, 1.54) is 16.7 Å². The molecule has 3 aromatic carbocycles. The number of benzene rings is 3. The number of aromatic nitrogens is 3. The molecule has 1 N–H and O–H groups in total. The Labute approximate surface area is 242 Å². The van der Waals surface area contributed by atoms with Gasteiger partial charge in [0.2, 0.25) is 5.91 Å². The number of para-hydroxylation sites is 1. The first-order valence-electron chi connectivity index (χ1n) is 12.5. The second-order valence-electron chi connectivity index (χ2n) is 9.01. The first-order valence-corrected chi connectivity index (χ1v) is 13.8. The van der Waals surface area contributed by atoms with Crippen molar-refractivity contribution < 1.29 is 27.5 Å². The lowest BCUT2D eigenvalue weighted by molar-refractivity contribution is -0.137. The summed E-state index contributed by atoms with van der Waals surface area (Å²) in [5.41, 5.74) is 1.22. The predicted molar refractivity (Wildman–Crippen MR) is 148 cm³/mol. The van der Waals surface area contributed by atoms with Crippen molar-refractivity contribution >= 4 is 40.9 Å². The maximum atomic E-state index is 13.5. The van der Waals surface area contributed by atoms with E-state index >= 15 is 0 Å². The van der Waals surface area contributed by atoms with Crippen LogP contribution in [0, 0.1) is 0 Å². The summed E-state index contributed by atoms with van der Waals surface area (Å²) in [5, 5.41) is 11.6. The highest BCUT2D eigenvalue weighted by molar-refractivity contribution is 7.99. The number of alkyl halides is 3. The fraction of sp³-hybridized carbons (Fsp3) is 0.214. The third-order valence-electron chi connectivity index (χ3n) is 6.27. The van der Waals surface area contributed by atoms with Gasteiger partial charge in [-0.25, -0.2) is 0 Å². The molecule has 0 fully saturated rings. The second kappa shape index (κ2) is 12.2. The molecule has 0 radical (unpaired) electrons. The monoisotopic (exact) mass is 601 g/mol. The highest BCUT2D eigenvalue weighted by Gasteiger charge is 2.31. The standard InChI is InChI=1S/C28H23ClF3N5O3S/c29-20-8-10-22(11-9-20)40-16-25(38)33-15-24-34-35-27(37(24)21-6-3-5-19(14-21)28(30,31)32)41-17-26(39)36-13-12-18-4-1-2-7-23(18)36/h1-11,14H,12-13,15-17H2,(H,33,38). The van der Waals surface area contributed by atoms with Crippen LogP contribution in [-0.2, 0) is 28.7 Å². The summed E-state index contributed by atoms with van der Waals surface area (Å²) >= 11 is 6.91. The Kier molecular flexibility index (Phi) is 8.50. The Morgan fingerprint density at radius 2 is 1.80 bits per heavy atom. The summed E-state index contributed by atoms with van der Waals surface area (Å²) in [7, 11) is 0. The number of rotatable bonds is 9. The van der Waals surface area contributed by atoms with Crippen molar-refractivity contribution in [2.24, 2.45) is 0 Å². The van der Waals surface area contributed by atoms with Gasteiger partial charge in [0.25, 0.3) is 5.91 Å². The highest BCUT2D eigenvalue weighted by Crippen LogP contribution is 2.32. The molecule has 1 aliphatic rings. The number of ether oxygens (including phenoxy) is 1. The molecular formula is C28H23ClF3N5O3S. The van der Waals surface area contributed by atoms with Crippen LogP contribution in [0.4, 0.5) is 18.9 Å². The fourth-order valence-electron chi connectivity index (χ4n) is 4.30. The zero-order chi connectivity index (χ0) is 29.0. The van der Waals surface area contributed by atoms with E-state index in [4.69, 9.17) is 16.3 Å². The molecule has 0 aliphatic carbocycles. The smallest absolute Gasteiger partial charge is 0.416 e. The Morgan fingerprint density at radius 3 is 2.59 bits per heavy atom. The maximum Gasteiger partial charge on any atom is 0.416 e. The van der Waals surface area contributed by atoms with Crippen molar-refractivity contribution in [3.63, 3.8) is 0 Å². The molecule has 2 heterocycles. The zero-order valence-corrected chi connectivity index (χ0v) is 23.0. The molecule has 0 atom stereocenters. The van der Waals surface area contributed by atoms with Gasteiger partial charge in [-0.05, 0) is 60.5 Å². The number of hydrogen-bond acceptors (Lipinski definition) is 6. The molecule has 41 heavy (non-hydrogen) atoms. The summed E-state index contributed by atoms with van der Waals surface area (Å²) in [6.07, 6.45) is -3.82. The average molecular weight is 602 g/mol. The lowest BCUT2D eigenvalue weighted by atomic mass is 10.2. The Morgan fingerprint density at radius 1 is 1.02 bits per heavy atom. The lowest BCUT2D eigenvalue weighted by Gasteiger charge is -2.17. The predicted octanol–water partition coefficient (Wildman–Crippen LogP) is 5.32. The topological polar surface area (TPSA) is 89.3 Å². The van der Waals surface area contributed by atoms with Gasteiger partial charge in [-0.15, -0.1) is 10.2 Å². The molecule has 0 saturated heterocycles. The Bertz CT molecular complexity index is 1560. The molecule has 0 unspecified atom stereocenters. The number of carbonyl (C=O) groups excluding carboxylic acids is 2. The largest absolute Gasteiger partial charge is 0.484 e. The van der Waals surface area contributed by atoms with Gasteiger partial charge in [0.1, 0.15) is 5.75 Å². The number of nitrogens with zero attached hydrogens (tertiary/aromatic N) is 4. The molecule has 4 aromatic rings. The third-order valence-corrected chi connectivity index (χ3v) is 7.44. The van der Waals surface area contributed by atoms with Gasteiger partial charge >= 0.3 is 6.18 Å². The molecular weight excluding hydrogens is 579 g/mol. The maximum absolute atomic E-state index is 13.5. The van der Waals surface area contributed by atoms with Gasteiger partial charge in [0.15, 0.2) is 17.6 Å². The highest BCUT2D eigenvalue weighted by atomic mass is 35.5. The number of thioether (sulfide) groups is 1. The molecule has 1 aromatic heterocycles. The van der Waals surface area contributed by atoms with Crippen LogP contribution in [0.15, 0.2) is 78.0 Å². The quantitative estimate of drug-likeness (QED) is 0.261. The normalized spacial score (nSPS) is 12.7. The van der Waals surface area contributed by atoms with Crippen molar-refractivity contribution in [2.45, 2.75) is 24.3 Å². The number of anilines is 1. The number of hydrogen-bond donors (Lipinski definition) is 1. The van der Waals surface area contributed by atoms with E-state index in [9.17, 15) is 22.8 Å². The van der Waals surface area contributed by atoms with Gasteiger partial charge in [0, 0.05) is 17.3 Å². The Hall–Kier alpha value is -4.03. The van der Waals surface area contributed by atoms with E-state index in [2.05, 4.69) is 15.5 Å². The van der Waals surface area contributed by atoms with E-state index < -0.39 is 17.6 Å². The van der Waals surface area contributed by atoms with Crippen LogP contribution >= 0.6 is 23.4 Å². The number of amides is 2. The third kappa shape index (κ3) is 6.83. The van der Waals surface area contributed by atoms with Crippen LogP contribution < -0.4 is 15.0 Å². The summed E-state index contributed by atoms with van der Waals surface area (Å²) in [6, 6.07) is 18.8. The summed E-state index contributed by atoms with van der Waals surface area (Å²) in [6.45, 7) is 0.112. The van der Waals surface area contributed by atoms with Crippen LogP contribution in [-0.4, -0.2) is 45.5 Å². The van der Waals surface area contributed by atoms with Gasteiger partial charge < -0.3 is 15.0 Å². The molecule has 13 heteroatoms. The van der Waals surface area contributed by atoms with Crippen molar-refractivity contribution in [1.82, 2.24) is 20.1 Å². The summed E-state index contributed by atoms with van der Waals surface area (Å²) in [4.78, 5) is 27.2. The summed E-state index contributed by atoms with van der Waals surface area (Å²) in [5.74, 6) is -0.0122. The van der Waals surface area contributed by atoms with Gasteiger partial charge in [-0.1, -0.05) is 47.6 Å². The molecule has 0 spiro atoms. The first kappa shape index (κ1) is 28.5. The zero-order valence-electron chi connectivity index (χ0n) is 21.4. The van der Waals surface area contributed by atoms with Crippen LogP contribution in [0.3, 0.4) is 0 Å². The number of carbonyl (C=O) groups is 2. The number of halogens is 4. The van der Waals surface area contributed by atoms with E-state index in [0.29, 0.717) is 17.3 Å². The first-order chi connectivity index (χ1) is 19.7. The van der Waals surface area contributed by atoms with Gasteiger partial charge in [-0.3, -0.25) is 14.2 Å². The van der Waals surface area contributed by atoms with E-state index in [1.54, 1.807) is 29.2 Å². The Balaban J connectivity index is 1.32. The van der Waals surface area contributed by atoms with E-state index in [0.717, 1.165) is 41.6 Å². The molecule has 1 aliphatic heterocycles. The van der Waals surface area contributed by atoms with E-state index in [1.807, 2.05) is 24.3 Å². The molecule has 0 bridgehead atoms. The molecule has 5 rings (SSSR count). The molecule has 212 valence electrons. The van der Waals surface area contributed by atoms with E-state index in [-0.39, 0.29) is 41.5 Å². The van der Waals surface area contributed by atoms with Crippen LogP contribution in [0.25, 0.3) is 5.69 Å². The molecule has 2 amide bonds. The van der Waals surface area contributed by atoms with Crippen molar-refractivity contribution in [2.75, 3.05) is 23.8 Å². The fourth-order valence-corrected chi connectivity index (χ4v) is 5.27. The van der Waals surface area contributed by atoms with Crippen molar-refractivity contribution in [3.05, 3.63) is 94.8 Å². The summed E-state index contributed by atoms with van der Waals surface area (Å²) < 4.78 is 47.3. The number of nitrogens with one attached hydrogen (secondary N) is 1. The van der Waals surface area contributed by atoms with Crippen molar-refractivity contribution in [1.29, 1.82) is 0 Å². The van der Waals surface area contributed by atoms with Gasteiger partial charge in [-0.2, -0.15) is 13.2 Å². The van der Waals surface area contributed by atoms with Crippen molar-refractivity contribution in [3.8, 4) is 11.4 Å². The molecule has 0 saturated carbocycles. The minimum atomic E-state index is -4.57. The number of fused-ring (bicyclic) bond motifs is 1. The average Bonchev–Trinajstić information content (AvgIpc) is 3.58. The molecule has 8 nitrogen and oxygen atoms in total. The minimum Gasteiger partial charge on any atom is -0.484 e. The second-order valence-corrected chi connectivity index (χ2v) is 10.4. The van der Waals surface area contributed by atoms with Crippen LogP contribution in [0.2, 0.25) is 5.02 Å².